The molecule has 2 nitrogen and oxygen atoms in total. The fourth-order valence-electron chi connectivity index (χ4n) is 1.87. The summed E-state index contributed by atoms with van der Waals surface area (Å²) in [5.74, 6) is -2.03. The number of hydrogen-bond acceptors (Lipinski definition) is 1. The van der Waals surface area contributed by atoms with Crippen LogP contribution >= 0.6 is 0 Å². The first kappa shape index (κ1) is 17.7. The van der Waals surface area contributed by atoms with Crippen molar-refractivity contribution < 1.29 is 13.0 Å². The number of hydrogen-bond donors (Lipinski definition) is 1. The van der Waals surface area contributed by atoms with Crippen molar-refractivity contribution in [1.29, 1.82) is 0 Å². The predicted octanol–water partition coefficient (Wildman–Crippen LogP) is 3.97. The molecule has 0 radical (unpaired) electrons. The molecule has 21 heavy (non-hydrogen) atoms. The second kappa shape index (κ2) is 7.61. The van der Waals surface area contributed by atoms with Crippen molar-refractivity contribution in [3.63, 3.8) is 0 Å². The molecular formula is C16H21F2NOS. The average Bonchev–Trinajstić information content (AvgIpc) is 2.42. The van der Waals surface area contributed by atoms with Gasteiger partial charge in [-0.2, -0.15) is 0 Å². The van der Waals surface area contributed by atoms with Gasteiger partial charge in [-0.25, -0.2) is 13.0 Å². The Morgan fingerprint density at radius 3 is 2.67 bits per heavy atom. The van der Waals surface area contributed by atoms with Gasteiger partial charge in [0.05, 0.1) is 15.7 Å². The number of allylic oxidation sites excluding steroid dienone is 2. The summed E-state index contributed by atoms with van der Waals surface area (Å²) in [6.45, 7) is 7.10. The summed E-state index contributed by atoms with van der Waals surface area (Å²) in [5.41, 5.74) is 0.284. The maximum atomic E-state index is 13.9. The highest BCUT2D eigenvalue weighted by molar-refractivity contribution is 7.84. The molecule has 1 aromatic rings. The van der Waals surface area contributed by atoms with Gasteiger partial charge in [0.25, 0.3) is 0 Å². The topological polar surface area (TPSA) is 43.1 Å². The van der Waals surface area contributed by atoms with Gasteiger partial charge in [0, 0.05) is 5.92 Å². The monoisotopic (exact) mass is 313 g/mol. The Balaban J connectivity index is 3.12. The molecule has 0 aliphatic rings. The maximum Gasteiger partial charge on any atom is 0.162 e. The van der Waals surface area contributed by atoms with Crippen molar-refractivity contribution in [2.24, 2.45) is 5.14 Å². The molecule has 116 valence electrons. The number of nitrogens with two attached hydrogens (primary N) is 1. The molecule has 1 rings (SSSR count). The summed E-state index contributed by atoms with van der Waals surface area (Å²) in [6, 6.07) is 4.13. The SMILES string of the molecule is C=CCC[C@@H](C=CC(C)(C)S(N)=O)c1cccc(F)c1F. The third-order valence-corrected chi connectivity index (χ3v) is 4.48. The zero-order valence-corrected chi connectivity index (χ0v) is 13.1. The molecule has 1 unspecified atom stereocenters. The number of benzene rings is 1. The Hall–Kier alpha value is -1.33. The molecule has 1 aromatic carbocycles. The van der Waals surface area contributed by atoms with Crippen LogP contribution in [0.25, 0.3) is 0 Å². The highest BCUT2D eigenvalue weighted by Gasteiger charge is 2.21. The van der Waals surface area contributed by atoms with E-state index in [0.29, 0.717) is 12.8 Å². The molecule has 0 saturated heterocycles. The molecular weight excluding hydrogens is 292 g/mol. The molecule has 0 bridgehead atoms. The molecule has 5 heteroatoms. The van der Waals surface area contributed by atoms with E-state index >= 15 is 0 Å². The first-order chi connectivity index (χ1) is 9.79. The molecule has 0 aliphatic heterocycles. The summed E-state index contributed by atoms with van der Waals surface area (Å²) in [4.78, 5) is 0. The molecule has 2 atom stereocenters. The van der Waals surface area contributed by atoms with Crippen molar-refractivity contribution in [2.45, 2.75) is 37.4 Å². The first-order valence-electron chi connectivity index (χ1n) is 6.70. The van der Waals surface area contributed by atoms with Gasteiger partial charge >= 0.3 is 0 Å². The van der Waals surface area contributed by atoms with Gasteiger partial charge in [-0.15, -0.1) is 6.58 Å². The summed E-state index contributed by atoms with van der Waals surface area (Å²) < 4.78 is 38.0. The summed E-state index contributed by atoms with van der Waals surface area (Å²) in [6.07, 6.45) is 6.42. The van der Waals surface area contributed by atoms with E-state index in [1.54, 1.807) is 38.1 Å². The third kappa shape index (κ3) is 4.86. The van der Waals surface area contributed by atoms with Crippen LogP contribution in [-0.2, 0) is 11.0 Å². The Morgan fingerprint density at radius 2 is 2.10 bits per heavy atom. The van der Waals surface area contributed by atoms with Gasteiger partial charge in [-0.05, 0) is 38.3 Å². The van der Waals surface area contributed by atoms with Gasteiger partial charge < -0.3 is 0 Å². The molecule has 0 heterocycles. The molecule has 0 spiro atoms. The van der Waals surface area contributed by atoms with Crippen molar-refractivity contribution in [3.05, 3.63) is 60.2 Å². The van der Waals surface area contributed by atoms with E-state index in [-0.39, 0.29) is 11.5 Å². The van der Waals surface area contributed by atoms with Crippen LogP contribution in [0.3, 0.4) is 0 Å². The Kier molecular flexibility index (Phi) is 6.42. The van der Waals surface area contributed by atoms with E-state index < -0.39 is 27.4 Å². The second-order valence-corrected chi connectivity index (χ2v) is 7.02. The largest absolute Gasteiger partial charge is 0.251 e. The lowest BCUT2D eigenvalue weighted by atomic mass is 9.92. The van der Waals surface area contributed by atoms with E-state index in [2.05, 4.69) is 6.58 Å². The van der Waals surface area contributed by atoms with Crippen LogP contribution in [0.2, 0.25) is 0 Å². The van der Waals surface area contributed by atoms with Gasteiger partial charge in [0.1, 0.15) is 0 Å². The highest BCUT2D eigenvalue weighted by Crippen LogP contribution is 2.28. The van der Waals surface area contributed by atoms with Crippen LogP contribution in [0.4, 0.5) is 8.78 Å². The summed E-state index contributed by atoms with van der Waals surface area (Å²) in [5, 5.41) is 5.42. The standard InChI is InChI=1S/C16H21F2NOS/c1-4-5-7-12(10-11-16(2,3)21(19)20)13-8-6-9-14(17)15(13)18/h4,6,8-12H,1,5,7,19H2,2-3H3/t12-,21?/m0/s1. The van der Waals surface area contributed by atoms with E-state index in [4.69, 9.17) is 5.14 Å². The van der Waals surface area contributed by atoms with Gasteiger partial charge in [0.2, 0.25) is 0 Å². The normalized spacial score (nSPS) is 15.1. The average molecular weight is 313 g/mol. The first-order valence-corrected chi connectivity index (χ1v) is 7.91. The maximum absolute atomic E-state index is 13.9. The molecule has 0 amide bonds. The van der Waals surface area contributed by atoms with Crippen LogP contribution < -0.4 is 5.14 Å². The lowest BCUT2D eigenvalue weighted by Gasteiger charge is -2.19. The Bertz CT molecular complexity index is 555. The fourth-order valence-corrected chi connectivity index (χ4v) is 2.09. The molecule has 0 saturated carbocycles. The van der Waals surface area contributed by atoms with Crippen LogP contribution in [-0.4, -0.2) is 8.96 Å². The zero-order chi connectivity index (χ0) is 16.0. The lowest BCUT2D eigenvalue weighted by Crippen LogP contribution is -2.29. The van der Waals surface area contributed by atoms with Crippen molar-refractivity contribution >= 4 is 11.0 Å². The lowest BCUT2D eigenvalue weighted by molar-refractivity contribution is 0.492. The molecule has 0 fully saturated rings. The fraction of sp³-hybridized carbons (Fsp3) is 0.375. The molecule has 2 N–H and O–H groups in total. The number of rotatable bonds is 7. The molecule has 0 aromatic heterocycles. The van der Waals surface area contributed by atoms with Crippen LogP contribution in [0, 0.1) is 11.6 Å². The van der Waals surface area contributed by atoms with Gasteiger partial charge in [-0.3, -0.25) is 5.14 Å². The van der Waals surface area contributed by atoms with Gasteiger partial charge in [0.15, 0.2) is 11.6 Å². The predicted molar refractivity (Wildman–Crippen MR) is 84.1 cm³/mol. The van der Waals surface area contributed by atoms with Crippen molar-refractivity contribution in [2.75, 3.05) is 0 Å². The number of halogens is 2. The van der Waals surface area contributed by atoms with E-state index in [1.165, 1.54) is 6.07 Å². The minimum absolute atomic E-state index is 0.284. The minimum atomic E-state index is -1.54. The van der Waals surface area contributed by atoms with E-state index in [9.17, 15) is 13.0 Å². The highest BCUT2D eigenvalue weighted by atomic mass is 32.2. The Labute approximate surface area is 127 Å². The third-order valence-electron chi connectivity index (χ3n) is 3.31. The smallest absolute Gasteiger partial charge is 0.162 e. The zero-order valence-electron chi connectivity index (χ0n) is 12.3. The van der Waals surface area contributed by atoms with Crippen molar-refractivity contribution in [1.82, 2.24) is 0 Å². The van der Waals surface area contributed by atoms with Gasteiger partial charge in [-0.1, -0.05) is 30.4 Å². The van der Waals surface area contributed by atoms with E-state index in [0.717, 1.165) is 6.07 Å². The molecule has 0 aliphatic carbocycles. The van der Waals surface area contributed by atoms with Crippen molar-refractivity contribution in [3.8, 4) is 0 Å². The van der Waals surface area contributed by atoms with E-state index in [1.807, 2.05) is 0 Å². The van der Waals surface area contributed by atoms with Crippen LogP contribution in [0.5, 0.6) is 0 Å². The minimum Gasteiger partial charge on any atom is -0.251 e. The quantitative estimate of drug-likeness (QED) is 0.760. The van der Waals surface area contributed by atoms with Crippen LogP contribution in [0.1, 0.15) is 38.2 Å². The summed E-state index contributed by atoms with van der Waals surface area (Å²) in [7, 11) is -1.54. The van der Waals surface area contributed by atoms with Crippen LogP contribution in [0.15, 0.2) is 43.0 Å². The second-order valence-electron chi connectivity index (χ2n) is 5.38. The summed E-state index contributed by atoms with van der Waals surface area (Å²) >= 11 is 0. The Morgan fingerprint density at radius 1 is 1.43 bits per heavy atom.